The topological polar surface area (TPSA) is 68.0 Å². The number of pyridine rings is 1. The molecule has 10 heteroatoms. The van der Waals surface area contributed by atoms with Crippen LogP contribution in [0.15, 0.2) is 36.5 Å². The minimum Gasteiger partial charge on any atom is -0.338 e. The van der Waals surface area contributed by atoms with Crippen LogP contribution in [-0.2, 0) is 11.3 Å². The molecule has 0 atom stereocenters. The normalized spacial score (nSPS) is 21.4. The van der Waals surface area contributed by atoms with Crippen molar-refractivity contribution in [2.75, 3.05) is 26.2 Å². The van der Waals surface area contributed by atoms with E-state index in [0.717, 1.165) is 36.2 Å². The van der Waals surface area contributed by atoms with Crippen molar-refractivity contribution in [2.24, 2.45) is 5.92 Å². The number of alkyl halides is 2. The molecule has 3 aliphatic rings. The van der Waals surface area contributed by atoms with Crippen LogP contribution in [0.3, 0.4) is 0 Å². The van der Waals surface area contributed by atoms with Crippen LogP contribution in [0, 0.1) is 25.6 Å². The number of benzene rings is 1. The summed E-state index contributed by atoms with van der Waals surface area (Å²) in [5.74, 6) is -4.18. The van der Waals surface area contributed by atoms with Gasteiger partial charge < -0.3 is 9.80 Å². The molecule has 3 heterocycles. The zero-order valence-electron chi connectivity index (χ0n) is 24.1. The van der Waals surface area contributed by atoms with Crippen molar-refractivity contribution in [1.82, 2.24) is 14.7 Å². The second-order valence-corrected chi connectivity index (χ2v) is 12.4. The summed E-state index contributed by atoms with van der Waals surface area (Å²) in [7, 11) is 0. The Balaban J connectivity index is 1.22. The molecule has 5 rings (SSSR count). The lowest BCUT2D eigenvalue weighted by atomic mass is 9.79. The average molecular weight is 574 g/mol. The maximum absolute atomic E-state index is 13.9. The van der Waals surface area contributed by atoms with Crippen LogP contribution in [0.1, 0.15) is 72.6 Å². The maximum Gasteiger partial charge on any atom is 0.260 e. The standard InChI is InChI=1S/C31H40F3N4O3/c1-21-7-14-38(41)22(2)27(21)29(40)35-15-10-30(3,11-16-35)36-12-8-26(9-13-36)37(20-23-5-4-6-25(32)17-23)28(39)24-18-31(33,34)19-24/h4-7,14,17,24,26,41H,8-13,15-16,18-20H2,1-3H3/q+1. The molecule has 0 unspecified atom stereocenters. The van der Waals surface area contributed by atoms with Crippen LogP contribution in [0.4, 0.5) is 13.2 Å². The number of hydrogen-bond donors (Lipinski definition) is 1. The highest BCUT2D eigenvalue weighted by Gasteiger charge is 2.51. The maximum atomic E-state index is 13.9. The summed E-state index contributed by atoms with van der Waals surface area (Å²) in [6, 6.07) is 7.76. The quantitative estimate of drug-likeness (QED) is 0.408. The highest BCUT2D eigenvalue weighted by Crippen LogP contribution is 2.44. The van der Waals surface area contributed by atoms with Crippen molar-refractivity contribution in [1.29, 1.82) is 0 Å². The van der Waals surface area contributed by atoms with Crippen molar-refractivity contribution in [3.05, 3.63) is 64.7 Å². The van der Waals surface area contributed by atoms with E-state index in [-0.39, 0.29) is 35.8 Å². The van der Waals surface area contributed by atoms with Gasteiger partial charge in [-0.15, -0.1) is 0 Å². The first-order valence-electron chi connectivity index (χ1n) is 14.5. The molecule has 1 N–H and O–H groups in total. The third-order valence-electron chi connectivity index (χ3n) is 9.54. The predicted molar refractivity (Wildman–Crippen MR) is 146 cm³/mol. The minimum atomic E-state index is -2.78. The SMILES string of the molecule is Cc1cc[n+](O)c(C)c1C(=O)N1CCC(C)(N2CCC(N(Cc3cccc(F)c3)C(=O)C3CC(F)(F)C3)CC2)CC1. The number of hydrogen-bond acceptors (Lipinski definition) is 4. The summed E-state index contributed by atoms with van der Waals surface area (Å²) in [6.45, 7) is 8.76. The van der Waals surface area contributed by atoms with E-state index in [1.807, 2.05) is 11.8 Å². The lowest BCUT2D eigenvalue weighted by molar-refractivity contribution is -0.908. The number of carbonyl (C=O) groups is 2. The zero-order valence-corrected chi connectivity index (χ0v) is 24.1. The van der Waals surface area contributed by atoms with Gasteiger partial charge in [0.2, 0.25) is 23.7 Å². The van der Waals surface area contributed by atoms with Gasteiger partial charge >= 0.3 is 0 Å². The van der Waals surface area contributed by atoms with Gasteiger partial charge in [-0.05, 0) is 62.8 Å². The number of aryl methyl sites for hydroxylation is 1. The molecule has 0 spiro atoms. The molecule has 1 saturated carbocycles. The van der Waals surface area contributed by atoms with Crippen LogP contribution >= 0.6 is 0 Å². The average Bonchev–Trinajstić information content (AvgIpc) is 2.93. The molecule has 1 aromatic carbocycles. The summed E-state index contributed by atoms with van der Waals surface area (Å²) in [4.78, 5) is 32.7. The van der Waals surface area contributed by atoms with E-state index in [2.05, 4.69) is 11.8 Å². The Bertz CT molecular complexity index is 1300. The van der Waals surface area contributed by atoms with Crippen LogP contribution < -0.4 is 4.73 Å². The zero-order chi connectivity index (χ0) is 29.5. The van der Waals surface area contributed by atoms with Crippen LogP contribution in [0.5, 0.6) is 0 Å². The van der Waals surface area contributed by atoms with Gasteiger partial charge in [0, 0.05) is 80.8 Å². The lowest BCUT2D eigenvalue weighted by Gasteiger charge is -2.50. The molecule has 41 heavy (non-hydrogen) atoms. The molecule has 3 fully saturated rings. The Morgan fingerprint density at radius 3 is 2.34 bits per heavy atom. The molecule has 2 aromatic rings. The molecule has 222 valence electrons. The van der Waals surface area contributed by atoms with E-state index in [0.29, 0.717) is 42.8 Å². The molecule has 0 radical (unpaired) electrons. The highest BCUT2D eigenvalue weighted by atomic mass is 19.3. The number of halogens is 3. The monoisotopic (exact) mass is 573 g/mol. The van der Waals surface area contributed by atoms with E-state index in [9.17, 15) is 28.0 Å². The lowest BCUT2D eigenvalue weighted by Crippen LogP contribution is -2.59. The first kappa shape index (κ1) is 29.4. The Hall–Kier alpha value is -3.14. The number of likely N-dealkylation sites (tertiary alicyclic amines) is 2. The summed E-state index contributed by atoms with van der Waals surface area (Å²) >= 11 is 0. The third kappa shape index (κ3) is 6.08. The molecule has 1 aromatic heterocycles. The first-order chi connectivity index (χ1) is 19.4. The predicted octanol–water partition coefficient (Wildman–Crippen LogP) is 4.50. The van der Waals surface area contributed by atoms with Gasteiger partial charge in [-0.1, -0.05) is 12.1 Å². The molecular formula is C31H40F3N4O3+. The van der Waals surface area contributed by atoms with Gasteiger partial charge in [0.15, 0.2) is 0 Å². The number of piperidine rings is 2. The van der Waals surface area contributed by atoms with E-state index >= 15 is 0 Å². The largest absolute Gasteiger partial charge is 0.338 e. The van der Waals surface area contributed by atoms with Crippen molar-refractivity contribution in [3.8, 4) is 0 Å². The first-order valence-corrected chi connectivity index (χ1v) is 14.5. The Morgan fingerprint density at radius 2 is 1.73 bits per heavy atom. The minimum absolute atomic E-state index is 0.0720. The Morgan fingerprint density at radius 1 is 1.07 bits per heavy atom. The summed E-state index contributed by atoms with van der Waals surface area (Å²) in [5.41, 5.74) is 2.44. The molecule has 2 aliphatic heterocycles. The smallest absolute Gasteiger partial charge is 0.260 e. The number of amides is 2. The van der Waals surface area contributed by atoms with Gasteiger partial charge in [0.25, 0.3) is 5.91 Å². The van der Waals surface area contributed by atoms with E-state index in [1.165, 1.54) is 18.3 Å². The van der Waals surface area contributed by atoms with E-state index in [1.54, 1.807) is 30.0 Å². The van der Waals surface area contributed by atoms with Gasteiger partial charge in [-0.25, -0.2) is 13.2 Å². The molecule has 0 bridgehead atoms. The second kappa shape index (κ2) is 11.3. The second-order valence-electron chi connectivity index (χ2n) is 12.4. The van der Waals surface area contributed by atoms with Gasteiger partial charge in [-0.2, -0.15) is 0 Å². The summed E-state index contributed by atoms with van der Waals surface area (Å²) in [6.07, 6.45) is 3.72. The van der Waals surface area contributed by atoms with E-state index < -0.39 is 24.7 Å². The van der Waals surface area contributed by atoms with Crippen molar-refractivity contribution in [3.63, 3.8) is 0 Å². The summed E-state index contributed by atoms with van der Waals surface area (Å²) in [5, 5.41) is 10.0. The fraction of sp³-hybridized carbons (Fsp3) is 0.581. The number of rotatable bonds is 6. The van der Waals surface area contributed by atoms with Crippen LogP contribution in [-0.4, -0.2) is 75.4 Å². The van der Waals surface area contributed by atoms with Crippen LogP contribution in [0.2, 0.25) is 0 Å². The van der Waals surface area contributed by atoms with Crippen molar-refractivity contribution in [2.45, 2.75) is 83.3 Å². The van der Waals surface area contributed by atoms with Gasteiger partial charge in [0.1, 0.15) is 11.4 Å². The van der Waals surface area contributed by atoms with Gasteiger partial charge in [0.05, 0.1) is 0 Å². The number of nitrogens with zero attached hydrogens (tertiary/aromatic N) is 4. The molecule has 2 saturated heterocycles. The molecular weight excluding hydrogens is 533 g/mol. The molecule has 7 nitrogen and oxygen atoms in total. The fourth-order valence-electron chi connectivity index (χ4n) is 6.77. The van der Waals surface area contributed by atoms with Crippen LogP contribution in [0.25, 0.3) is 0 Å². The third-order valence-corrected chi connectivity index (χ3v) is 9.54. The van der Waals surface area contributed by atoms with Crippen molar-refractivity contribution >= 4 is 11.8 Å². The number of carbonyl (C=O) groups excluding carboxylic acids is 2. The summed E-state index contributed by atoms with van der Waals surface area (Å²) < 4.78 is 42.1. The molecule has 2 amide bonds. The fourth-order valence-corrected chi connectivity index (χ4v) is 6.77. The van der Waals surface area contributed by atoms with E-state index in [4.69, 9.17) is 0 Å². The number of aromatic nitrogens is 1. The van der Waals surface area contributed by atoms with Gasteiger partial charge in [-0.3, -0.25) is 19.7 Å². The Kier molecular flexibility index (Phi) is 8.07. The Labute approximate surface area is 239 Å². The highest BCUT2D eigenvalue weighted by molar-refractivity contribution is 5.96. The molecule has 1 aliphatic carbocycles. The van der Waals surface area contributed by atoms with Crippen molar-refractivity contribution < 1.29 is 32.7 Å².